The first-order valence-electron chi connectivity index (χ1n) is 7.87. The molecule has 2 aromatic heterocycles. The van der Waals surface area contributed by atoms with Crippen LogP contribution in [0.5, 0.6) is 0 Å². The Bertz CT molecular complexity index is 938. The van der Waals surface area contributed by atoms with Crippen LogP contribution in [-0.2, 0) is 4.79 Å². The fourth-order valence-corrected chi connectivity index (χ4v) is 2.38. The van der Waals surface area contributed by atoms with Gasteiger partial charge in [0.1, 0.15) is 12.1 Å². The van der Waals surface area contributed by atoms with Crippen LogP contribution in [0.4, 0.5) is 11.5 Å². The van der Waals surface area contributed by atoms with Gasteiger partial charge in [0.25, 0.3) is 0 Å². The van der Waals surface area contributed by atoms with E-state index in [0.29, 0.717) is 17.3 Å². The highest BCUT2D eigenvalue weighted by Gasteiger charge is 2.12. The summed E-state index contributed by atoms with van der Waals surface area (Å²) in [4.78, 5) is 24.7. The van der Waals surface area contributed by atoms with Gasteiger partial charge in [-0.1, -0.05) is 6.58 Å². The summed E-state index contributed by atoms with van der Waals surface area (Å²) in [5.41, 5.74) is 2.18. The minimum atomic E-state index is -0.259. The molecule has 0 fully saturated rings. The van der Waals surface area contributed by atoms with Gasteiger partial charge >= 0.3 is 0 Å². The van der Waals surface area contributed by atoms with E-state index >= 15 is 0 Å². The number of aromatic nitrogens is 4. The zero-order valence-corrected chi connectivity index (χ0v) is 14.4. The standard InChI is InChI=1S/C18H20N6O/c1-5-17(25)21-12-6-7-14-13(8-12)20-11-24(14)16-10-19-9-15(22-16)23-18(2,3)4/h5-11H,1H2,2-4H3,(H,21,25)(H,22,23). The van der Waals surface area contributed by atoms with Gasteiger partial charge in [-0.15, -0.1) is 0 Å². The Labute approximate surface area is 145 Å². The average Bonchev–Trinajstić information content (AvgIpc) is 2.96. The smallest absolute Gasteiger partial charge is 0.247 e. The third-order valence-electron chi connectivity index (χ3n) is 3.37. The lowest BCUT2D eigenvalue weighted by Gasteiger charge is -2.21. The van der Waals surface area contributed by atoms with E-state index in [1.165, 1.54) is 6.08 Å². The fourth-order valence-electron chi connectivity index (χ4n) is 2.38. The molecule has 0 bridgehead atoms. The summed E-state index contributed by atoms with van der Waals surface area (Å²) in [6.07, 6.45) is 6.29. The molecule has 128 valence electrons. The van der Waals surface area contributed by atoms with Gasteiger partial charge in [0.15, 0.2) is 5.82 Å². The number of nitrogens with one attached hydrogen (secondary N) is 2. The van der Waals surface area contributed by atoms with Gasteiger partial charge in [0, 0.05) is 11.2 Å². The van der Waals surface area contributed by atoms with Crippen LogP contribution in [0, 0.1) is 0 Å². The van der Waals surface area contributed by atoms with E-state index in [1.807, 2.05) is 16.7 Å². The number of anilines is 2. The number of imidazole rings is 1. The number of hydrogen-bond donors (Lipinski definition) is 2. The molecule has 0 radical (unpaired) electrons. The van der Waals surface area contributed by atoms with Gasteiger partial charge in [-0.2, -0.15) is 0 Å². The minimum Gasteiger partial charge on any atom is -0.364 e. The van der Waals surface area contributed by atoms with Crippen LogP contribution in [0.2, 0.25) is 0 Å². The molecule has 2 N–H and O–H groups in total. The molecule has 2 heterocycles. The molecule has 7 nitrogen and oxygen atoms in total. The van der Waals surface area contributed by atoms with Crippen molar-refractivity contribution in [2.24, 2.45) is 0 Å². The van der Waals surface area contributed by atoms with Gasteiger partial charge in [-0.25, -0.2) is 9.97 Å². The summed E-state index contributed by atoms with van der Waals surface area (Å²) in [5, 5.41) is 6.03. The van der Waals surface area contributed by atoms with Gasteiger partial charge in [0.2, 0.25) is 5.91 Å². The molecule has 3 rings (SSSR count). The highest BCUT2D eigenvalue weighted by atomic mass is 16.1. The van der Waals surface area contributed by atoms with Crippen LogP contribution in [0.15, 0.2) is 49.6 Å². The van der Waals surface area contributed by atoms with E-state index in [2.05, 4.69) is 52.9 Å². The third-order valence-corrected chi connectivity index (χ3v) is 3.37. The third kappa shape index (κ3) is 3.82. The van der Waals surface area contributed by atoms with E-state index in [4.69, 9.17) is 0 Å². The number of hydrogen-bond acceptors (Lipinski definition) is 5. The Kier molecular flexibility index (Phi) is 4.22. The highest BCUT2D eigenvalue weighted by molar-refractivity contribution is 6.00. The van der Waals surface area contributed by atoms with Crippen LogP contribution in [0.1, 0.15) is 20.8 Å². The number of fused-ring (bicyclic) bond motifs is 1. The van der Waals surface area contributed by atoms with Crippen LogP contribution >= 0.6 is 0 Å². The van der Waals surface area contributed by atoms with Crippen molar-refractivity contribution in [1.82, 2.24) is 19.5 Å². The summed E-state index contributed by atoms with van der Waals surface area (Å²) in [6, 6.07) is 5.50. The molecule has 0 saturated carbocycles. The molecule has 0 saturated heterocycles. The molecule has 0 spiro atoms. The number of amides is 1. The molecule has 25 heavy (non-hydrogen) atoms. The largest absolute Gasteiger partial charge is 0.364 e. The Hall–Kier alpha value is -3.22. The van der Waals surface area contributed by atoms with E-state index < -0.39 is 0 Å². The zero-order chi connectivity index (χ0) is 18.0. The van der Waals surface area contributed by atoms with Crippen molar-refractivity contribution in [3.05, 3.63) is 49.6 Å². The molecule has 1 amide bonds. The fraction of sp³-hybridized carbons (Fsp3) is 0.222. The van der Waals surface area contributed by atoms with E-state index in [-0.39, 0.29) is 11.4 Å². The van der Waals surface area contributed by atoms with Crippen LogP contribution < -0.4 is 10.6 Å². The molecule has 0 aliphatic carbocycles. The molecule has 0 aliphatic heterocycles. The molecule has 3 aromatic rings. The van der Waals surface area contributed by atoms with Crippen LogP contribution in [-0.4, -0.2) is 31.0 Å². The predicted molar refractivity (Wildman–Crippen MR) is 98.9 cm³/mol. The maximum Gasteiger partial charge on any atom is 0.247 e. The quantitative estimate of drug-likeness (QED) is 0.715. The van der Waals surface area contributed by atoms with Crippen molar-refractivity contribution in [1.29, 1.82) is 0 Å². The second kappa shape index (κ2) is 6.35. The lowest BCUT2D eigenvalue weighted by Crippen LogP contribution is -2.26. The Morgan fingerprint density at radius 1 is 1.28 bits per heavy atom. The molecule has 0 aliphatic rings. The monoisotopic (exact) mass is 336 g/mol. The number of carbonyl (C=O) groups excluding carboxylic acids is 1. The second-order valence-corrected chi connectivity index (χ2v) is 6.65. The maximum absolute atomic E-state index is 11.4. The number of benzene rings is 1. The number of nitrogens with zero attached hydrogens (tertiary/aromatic N) is 4. The van der Waals surface area contributed by atoms with Crippen molar-refractivity contribution in [3.63, 3.8) is 0 Å². The van der Waals surface area contributed by atoms with Crippen molar-refractivity contribution < 1.29 is 4.79 Å². The van der Waals surface area contributed by atoms with Crippen LogP contribution in [0.3, 0.4) is 0 Å². The molecular formula is C18H20N6O. The summed E-state index contributed by atoms with van der Waals surface area (Å²) >= 11 is 0. The summed E-state index contributed by atoms with van der Waals surface area (Å²) in [7, 11) is 0. The Morgan fingerprint density at radius 2 is 2.08 bits per heavy atom. The average molecular weight is 336 g/mol. The molecule has 7 heteroatoms. The molecule has 1 aromatic carbocycles. The Morgan fingerprint density at radius 3 is 2.80 bits per heavy atom. The normalized spacial score (nSPS) is 11.3. The van der Waals surface area contributed by atoms with E-state index in [0.717, 1.165) is 11.0 Å². The molecule has 0 unspecified atom stereocenters. The summed E-state index contributed by atoms with van der Waals surface area (Å²) in [6.45, 7) is 9.63. The lowest BCUT2D eigenvalue weighted by atomic mass is 10.1. The van der Waals surface area contributed by atoms with Gasteiger partial charge in [0.05, 0.1) is 23.4 Å². The summed E-state index contributed by atoms with van der Waals surface area (Å²) < 4.78 is 1.86. The number of carbonyl (C=O) groups is 1. The van der Waals surface area contributed by atoms with E-state index in [9.17, 15) is 4.79 Å². The summed E-state index contributed by atoms with van der Waals surface area (Å²) in [5.74, 6) is 1.10. The molecule has 0 atom stereocenters. The van der Waals surface area contributed by atoms with Crippen molar-refractivity contribution in [2.75, 3.05) is 10.6 Å². The van der Waals surface area contributed by atoms with Gasteiger partial charge in [-0.05, 0) is 45.0 Å². The van der Waals surface area contributed by atoms with Gasteiger partial charge in [-0.3, -0.25) is 14.3 Å². The number of rotatable bonds is 4. The maximum atomic E-state index is 11.4. The van der Waals surface area contributed by atoms with Crippen molar-refractivity contribution in [3.8, 4) is 5.82 Å². The van der Waals surface area contributed by atoms with Crippen molar-refractivity contribution >= 4 is 28.4 Å². The first-order valence-corrected chi connectivity index (χ1v) is 7.87. The van der Waals surface area contributed by atoms with Crippen LogP contribution in [0.25, 0.3) is 16.9 Å². The minimum absolute atomic E-state index is 0.109. The topological polar surface area (TPSA) is 84.7 Å². The first-order chi connectivity index (χ1) is 11.9. The van der Waals surface area contributed by atoms with Crippen molar-refractivity contribution in [2.45, 2.75) is 26.3 Å². The zero-order valence-electron chi connectivity index (χ0n) is 14.4. The first kappa shape index (κ1) is 16.6. The lowest BCUT2D eigenvalue weighted by molar-refractivity contribution is -0.111. The SMILES string of the molecule is C=CC(=O)Nc1ccc2c(c1)ncn2-c1cncc(NC(C)(C)C)n1. The second-order valence-electron chi connectivity index (χ2n) is 6.65. The van der Waals surface area contributed by atoms with E-state index in [1.54, 1.807) is 24.8 Å². The Balaban J connectivity index is 1.95. The molecular weight excluding hydrogens is 316 g/mol. The predicted octanol–water partition coefficient (Wildman–Crippen LogP) is 3.15. The van der Waals surface area contributed by atoms with Gasteiger partial charge < -0.3 is 10.6 Å². The highest BCUT2D eigenvalue weighted by Crippen LogP contribution is 2.21.